The van der Waals surface area contributed by atoms with E-state index in [4.69, 9.17) is 18.9 Å². The number of esters is 1. The van der Waals surface area contributed by atoms with Crippen LogP contribution in [0.3, 0.4) is 0 Å². The zero-order valence-corrected chi connectivity index (χ0v) is 35.2. The monoisotopic (exact) mass is 839 g/mol. The summed E-state index contributed by atoms with van der Waals surface area (Å²) in [6.07, 6.45) is -6.90. The molecule has 0 saturated carbocycles. The van der Waals surface area contributed by atoms with E-state index in [1.165, 1.54) is 18.4 Å². The summed E-state index contributed by atoms with van der Waals surface area (Å²) in [7, 11) is 0. The number of ketones is 5. The number of aliphatic hydroxyl groups excluding tert-OH is 2. The lowest BCUT2D eigenvalue weighted by atomic mass is 9.60. The molecule has 0 bridgehead atoms. The van der Waals surface area contributed by atoms with Crippen molar-refractivity contribution in [3.8, 4) is 0 Å². The van der Waals surface area contributed by atoms with Crippen LogP contribution >= 0.6 is 11.3 Å². The first-order valence-electron chi connectivity index (χ1n) is 19.3. The minimum Gasteiger partial charge on any atom is -0.455 e. The molecule has 17 nitrogen and oxygen atoms in total. The third kappa shape index (κ3) is 8.69. The lowest BCUT2D eigenvalue weighted by Crippen LogP contribution is -2.87. The molecule has 1 aromatic rings. The summed E-state index contributed by atoms with van der Waals surface area (Å²) in [4.78, 5) is 82.1. The third-order valence-corrected chi connectivity index (χ3v) is 12.7. The molecular weight excluding hydrogens is 782 g/mol. The Morgan fingerprint density at radius 1 is 0.983 bits per heavy atom. The Morgan fingerprint density at radius 2 is 1.60 bits per heavy atom. The van der Waals surface area contributed by atoms with Crippen molar-refractivity contribution in [2.75, 3.05) is 0 Å². The number of ether oxygens (including phenoxy) is 4. The van der Waals surface area contributed by atoms with E-state index in [1.807, 2.05) is 6.92 Å². The number of aliphatic hydroxyl groups is 6. The minimum atomic E-state index is -3.67. The number of hydrogen-bond donors (Lipinski definition) is 6. The van der Waals surface area contributed by atoms with Gasteiger partial charge in [0.15, 0.2) is 47.2 Å². The van der Waals surface area contributed by atoms with Crippen molar-refractivity contribution in [2.24, 2.45) is 17.3 Å². The number of cyclic esters (lactones) is 1. The first kappa shape index (κ1) is 47.5. The molecule has 4 heterocycles. The molecule has 0 spiro atoms. The van der Waals surface area contributed by atoms with Gasteiger partial charge in [-0.3, -0.25) is 28.8 Å². The van der Waals surface area contributed by atoms with E-state index in [0.29, 0.717) is 33.1 Å². The summed E-state index contributed by atoms with van der Waals surface area (Å²) >= 11 is 0.979. The van der Waals surface area contributed by atoms with Crippen LogP contribution in [0.25, 0.3) is 6.08 Å². The molecule has 0 amide bonds. The normalized spacial score (nSPS) is 38.3. The van der Waals surface area contributed by atoms with Crippen LogP contribution in [-0.4, -0.2) is 130 Å². The lowest BCUT2D eigenvalue weighted by molar-refractivity contribution is -0.374. The highest BCUT2D eigenvalue weighted by atomic mass is 32.1. The largest absolute Gasteiger partial charge is 0.455 e. The van der Waals surface area contributed by atoms with E-state index in [2.05, 4.69) is 11.9 Å². The van der Waals surface area contributed by atoms with Crippen LogP contribution in [0.15, 0.2) is 11.0 Å². The van der Waals surface area contributed by atoms with Gasteiger partial charge in [-0.05, 0) is 71.4 Å². The number of fused-ring (bicyclic) bond motifs is 1. The Hall–Kier alpha value is -3.17. The topological polar surface area (TPSA) is 277 Å². The summed E-state index contributed by atoms with van der Waals surface area (Å²) in [6, 6.07) is 0. The summed E-state index contributed by atoms with van der Waals surface area (Å²) in [5.41, 5.74) is -11.0. The van der Waals surface area contributed by atoms with E-state index in [1.54, 1.807) is 13.8 Å². The molecule has 1 aromatic heterocycles. The molecule has 0 aromatic carbocycles. The molecule has 3 aliphatic rings. The van der Waals surface area contributed by atoms with Gasteiger partial charge in [0.25, 0.3) is 0 Å². The highest BCUT2D eigenvalue weighted by Crippen LogP contribution is 2.48. The second-order valence-corrected chi connectivity index (χ2v) is 17.8. The second-order valence-electron chi connectivity index (χ2n) is 16.9. The Bertz CT molecular complexity index is 1810. The van der Waals surface area contributed by atoms with Crippen LogP contribution < -0.4 is 0 Å². The SMILES string of the molecule is CC(=O)C(O)[C@H]1O[C@H](OCc2nc(C=C(C)C3OC(=O)CCC(C)(C)C(=O)C(C)CC(C)CCCC4OC4(O)C3O)cs2)[C@@](O)(C(C)=O)[C@](O)(C(C)=O)[C@@]1(O)C(C)=O. The predicted octanol–water partition coefficient (Wildman–Crippen LogP) is 1.28. The van der Waals surface area contributed by atoms with E-state index < -0.39 is 101 Å². The number of carbonyl (C=O) groups excluding carboxylic acids is 6. The summed E-state index contributed by atoms with van der Waals surface area (Å²) in [5.74, 6) is -7.99. The van der Waals surface area contributed by atoms with Gasteiger partial charge in [-0.2, -0.15) is 0 Å². The van der Waals surface area contributed by atoms with Crippen LogP contribution in [0.4, 0.5) is 0 Å². The molecular formula is C40H57NO16S. The van der Waals surface area contributed by atoms with Gasteiger partial charge in [0.05, 0.1) is 5.69 Å². The predicted molar refractivity (Wildman–Crippen MR) is 203 cm³/mol. The van der Waals surface area contributed by atoms with Crippen LogP contribution in [-0.2, 0) is 54.3 Å². The zero-order chi connectivity index (χ0) is 43.9. The minimum absolute atomic E-state index is 0.0386. The number of thiazole rings is 1. The number of hydrogen-bond acceptors (Lipinski definition) is 18. The Kier molecular flexibility index (Phi) is 14.3. The van der Waals surface area contributed by atoms with Gasteiger partial charge in [0.2, 0.25) is 17.0 Å². The van der Waals surface area contributed by atoms with Gasteiger partial charge in [-0.25, -0.2) is 4.98 Å². The van der Waals surface area contributed by atoms with Gasteiger partial charge in [0.1, 0.15) is 35.7 Å². The van der Waals surface area contributed by atoms with Crippen molar-refractivity contribution in [2.45, 2.75) is 167 Å². The van der Waals surface area contributed by atoms with E-state index in [9.17, 15) is 59.4 Å². The average Bonchev–Trinajstić information content (AvgIpc) is 3.59. The molecule has 58 heavy (non-hydrogen) atoms. The Balaban J connectivity index is 1.62. The summed E-state index contributed by atoms with van der Waals surface area (Å²) in [6.45, 7) is 11.5. The quantitative estimate of drug-likeness (QED) is 0.143. The number of rotatable bonds is 10. The van der Waals surface area contributed by atoms with Gasteiger partial charge < -0.3 is 49.6 Å². The highest BCUT2D eigenvalue weighted by Gasteiger charge is 2.79. The first-order valence-corrected chi connectivity index (χ1v) is 20.2. The van der Waals surface area contributed by atoms with Crippen molar-refractivity contribution in [3.63, 3.8) is 0 Å². The third-order valence-electron chi connectivity index (χ3n) is 11.9. The van der Waals surface area contributed by atoms with Crippen LogP contribution in [0.2, 0.25) is 0 Å². The molecule has 7 unspecified atom stereocenters. The van der Waals surface area contributed by atoms with Gasteiger partial charge in [-0.15, -0.1) is 11.3 Å². The summed E-state index contributed by atoms with van der Waals surface area (Å²) < 4.78 is 22.5. The smallest absolute Gasteiger partial charge is 0.306 e. The van der Waals surface area contributed by atoms with Gasteiger partial charge in [0, 0.05) is 23.1 Å². The number of nitrogens with zero attached hydrogens (tertiary/aromatic N) is 1. The molecule has 3 aliphatic heterocycles. The maximum absolute atomic E-state index is 13.3. The van der Waals surface area contributed by atoms with E-state index in [-0.39, 0.29) is 46.7 Å². The van der Waals surface area contributed by atoms with Crippen LogP contribution in [0.1, 0.15) is 112 Å². The fourth-order valence-electron chi connectivity index (χ4n) is 8.23. The first-order chi connectivity index (χ1) is 26.7. The number of carbonyl (C=O) groups is 6. The molecule has 18 heteroatoms. The van der Waals surface area contributed by atoms with Crippen molar-refractivity contribution < 1.29 is 78.4 Å². The van der Waals surface area contributed by atoms with E-state index >= 15 is 0 Å². The molecule has 324 valence electrons. The maximum atomic E-state index is 13.3. The van der Waals surface area contributed by atoms with Gasteiger partial charge >= 0.3 is 5.97 Å². The second kappa shape index (κ2) is 17.4. The zero-order valence-electron chi connectivity index (χ0n) is 34.3. The summed E-state index contributed by atoms with van der Waals surface area (Å²) in [5, 5.41) is 70.0. The maximum Gasteiger partial charge on any atom is 0.306 e. The van der Waals surface area contributed by atoms with Crippen molar-refractivity contribution in [1.82, 2.24) is 4.98 Å². The van der Waals surface area contributed by atoms with Crippen LogP contribution in [0, 0.1) is 17.3 Å². The van der Waals surface area contributed by atoms with Crippen molar-refractivity contribution >= 4 is 52.3 Å². The Morgan fingerprint density at radius 3 is 2.17 bits per heavy atom. The Labute approximate surface area is 340 Å². The molecule has 0 radical (unpaired) electrons. The molecule has 3 fully saturated rings. The number of aromatic nitrogens is 1. The van der Waals surface area contributed by atoms with E-state index in [0.717, 1.165) is 31.6 Å². The van der Waals surface area contributed by atoms with Crippen LogP contribution in [0.5, 0.6) is 0 Å². The molecule has 4 rings (SSSR count). The lowest BCUT2D eigenvalue weighted by Gasteiger charge is -2.57. The highest BCUT2D eigenvalue weighted by molar-refractivity contribution is 7.09. The van der Waals surface area contributed by atoms with Crippen molar-refractivity contribution in [1.29, 1.82) is 0 Å². The molecule has 0 aliphatic carbocycles. The number of epoxide rings is 1. The fraction of sp³-hybridized carbons (Fsp3) is 0.725. The number of Topliss-reactive ketones (excluding diaryl/α,β-unsaturated/α-hetero) is 5. The van der Waals surface area contributed by atoms with Crippen molar-refractivity contribution in [3.05, 3.63) is 21.7 Å². The molecule has 6 N–H and O–H groups in total. The van der Waals surface area contributed by atoms with Gasteiger partial charge in [-0.1, -0.05) is 40.5 Å². The average molecular weight is 840 g/mol. The molecule has 12 atom stereocenters. The molecule has 3 saturated heterocycles. The standard InChI is InChI=1S/C40H57NO16S/c1-19-11-10-12-27-39(52,57-27)33(49)31(55-29(46)13-14-36(8,9)32(48)21(3)15-19)20(2)16-26-18-58-28(41-26)17-54-35-38(51,24(6)44)40(53,25(7)45)37(50,23(5)43)34(56-35)30(47)22(4)42/h16,18-19,21,27,30-31,33-35,47,49-53H,10-15,17H2,1-9H3/t19?,21?,27?,30?,31?,33?,34-,35+,37-,38+,39?,40+/m1/s1. The fourth-order valence-corrected chi connectivity index (χ4v) is 8.91.